The number of benzene rings is 1. The lowest BCUT2D eigenvalue weighted by Crippen LogP contribution is -2.19. The zero-order chi connectivity index (χ0) is 11.7. The summed E-state index contributed by atoms with van der Waals surface area (Å²) in [4.78, 5) is 25.2. The number of nitrogens with zero attached hydrogens (tertiary/aromatic N) is 1. The lowest BCUT2D eigenvalue weighted by molar-refractivity contribution is 0.112. The number of fused-ring (bicyclic) bond motifs is 1. The van der Waals surface area contributed by atoms with Crippen LogP contribution in [0.15, 0.2) is 23.0 Å². The van der Waals surface area contributed by atoms with E-state index in [0.717, 1.165) is 17.3 Å². The number of hydrogen-bond acceptors (Lipinski definition) is 2. The van der Waals surface area contributed by atoms with E-state index in [4.69, 9.17) is 0 Å². The Hall–Kier alpha value is -1.84. The van der Waals surface area contributed by atoms with Gasteiger partial charge in [-0.3, -0.25) is 9.36 Å². The molecule has 4 nitrogen and oxygen atoms in total. The second-order valence-corrected chi connectivity index (χ2v) is 4.33. The molecule has 0 saturated carbocycles. The molecule has 0 aliphatic carbocycles. The van der Waals surface area contributed by atoms with E-state index in [9.17, 15) is 9.59 Å². The van der Waals surface area contributed by atoms with E-state index in [-0.39, 0.29) is 5.69 Å². The first kappa shape index (κ1) is 10.7. The fourth-order valence-corrected chi connectivity index (χ4v) is 1.79. The van der Waals surface area contributed by atoms with E-state index in [1.54, 1.807) is 22.8 Å². The van der Waals surface area contributed by atoms with Crippen molar-refractivity contribution in [3.05, 3.63) is 34.2 Å². The smallest absolute Gasteiger partial charge is 0.306 e. The Morgan fingerprint density at radius 3 is 2.81 bits per heavy atom. The minimum Gasteiger partial charge on any atom is -0.306 e. The van der Waals surface area contributed by atoms with Gasteiger partial charge < -0.3 is 4.98 Å². The number of nitrogens with one attached hydrogen (secondary N) is 1. The number of H-pyrrole nitrogens is 1. The van der Waals surface area contributed by atoms with Crippen LogP contribution in [0.2, 0.25) is 0 Å². The van der Waals surface area contributed by atoms with Crippen LogP contribution in [-0.2, 0) is 6.54 Å². The molecule has 0 saturated heterocycles. The number of aromatic amines is 1. The lowest BCUT2D eigenvalue weighted by atomic mass is 10.2. The summed E-state index contributed by atoms with van der Waals surface area (Å²) in [6.07, 6.45) is 0.788. The summed E-state index contributed by atoms with van der Waals surface area (Å²) in [6, 6.07) is 5.20. The summed E-state index contributed by atoms with van der Waals surface area (Å²) >= 11 is 0. The maximum atomic E-state index is 11.7. The molecule has 2 rings (SSSR count). The standard InChI is InChI=1S/C12H14N2O2/c1-8(2)6-14-11-5-9(7-15)3-4-10(11)13-12(14)16/h3-5,7-8H,6H2,1-2H3,(H,13,16). The fourth-order valence-electron chi connectivity index (χ4n) is 1.79. The first-order chi connectivity index (χ1) is 7.61. The van der Waals surface area contributed by atoms with Crippen LogP contribution in [0.3, 0.4) is 0 Å². The fraction of sp³-hybridized carbons (Fsp3) is 0.333. The van der Waals surface area contributed by atoms with E-state index < -0.39 is 0 Å². The van der Waals surface area contributed by atoms with Crippen molar-refractivity contribution in [3.8, 4) is 0 Å². The maximum Gasteiger partial charge on any atom is 0.326 e. The molecule has 1 N–H and O–H groups in total. The highest BCUT2D eigenvalue weighted by atomic mass is 16.1. The molecule has 0 aliphatic rings. The Morgan fingerprint density at radius 2 is 2.19 bits per heavy atom. The quantitative estimate of drug-likeness (QED) is 0.798. The van der Waals surface area contributed by atoms with E-state index in [1.807, 2.05) is 0 Å². The molecular formula is C12H14N2O2. The SMILES string of the molecule is CC(C)Cn1c(=O)[nH]c2ccc(C=O)cc21. The van der Waals surface area contributed by atoms with Gasteiger partial charge in [-0.2, -0.15) is 0 Å². The normalized spacial score (nSPS) is 11.2. The number of carbonyl (C=O) groups is 1. The van der Waals surface area contributed by atoms with Gasteiger partial charge in [0.05, 0.1) is 11.0 Å². The third kappa shape index (κ3) is 1.78. The highest BCUT2D eigenvalue weighted by Gasteiger charge is 2.08. The second-order valence-electron chi connectivity index (χ2n) is 4.33. The first-order valence-electron chi connectivity index (χ1n) is 5.29. The molecule has 0 radical (unpaired) electrons. The minimum atomic E-state index is -0.119. The van der Waals surface area contributed by atoms with Crippen LogP contribution in [0, 0.1) is 5.92 Å². The average Bonchev–Trinajstić information content (AvgIpc) is 2.54. The Balaban J connectivity index is 2.65. The molecule has 0 spiro atoms. The topological polar surface area (TPSA) is 54.9 Å². The van der Waals surface area contributed by atoms with E-state index >= 15 is 0 Å². The summed E-state index contributed by atoms with van der Waals surface area (Å²) in [5.41, 5.74) is 2.04. The molecule has 4 heteroatoms. The molecule has 1 aromatic carbocycles. The second kappa shape index (κ2) is 3.96. The summed E-state index contributed by atoms with van der Waals surface area (Å²) in [5.74, 6) is 0.386. The maximum absolute atomic E-state index is 11.7. The van der Waals surface area contributed by atoms with Crippen molar-refractivity contribution >= 4 is 17.3 Å². The van der Waals surface area contributed by atoms with Crippen molar-refractivity contribution in [1.29, 1.82) is 0 Å². The lowest BCUT2D eigenvalue weighted by Gasteiger charge is -2.06. The molecule has 1 heterocycles. The van der Waals surface area contributed by atoms with Crippen molar-refractivity contribution in [3.63, 3.8) is 0 Å². The minimum absolute atomic E-state index is 0.119. The number of aldehydes is 1. The van der Waals surface area contributed by atoms with E-state index in [2.05, 4.69) is 18.8 Å². The number of carbonyl (C=O) groups excluding carboxylic acids is 1. The Bertz CT molecular complexity index is 578. The Kier molecular flexibility index (Phi) is 2.64. The van der Waals surface area contributed by atoms with Gasteiger partial charge in [0, 0.05) is 12.1 Å². The molecule has 0 fully saturated rings. The average molecular weight is 218 g/mol. The van der Waals surface area contributed by atoms with Crippen molar-refractivity contribution in [2.75, 3.05) is 0 Å². The third-order valence-corrected chi connectivity index (χ3v) is 2.48. The third-order valence-electron chi connectivity index (χ3n) is 2.48. The molecule has 0 unspecified atom stereocenters. The summed E-state index contributed by atoms with van der Waals surface area (Å²) in [6.45, 7) is 4.75. The van der Waals surface area contributed by atoms with E-state index in [1.165, 1.54) is 0 Å². The van der Waals surface area contributed by atoms with Crippen LogP contribution in [0.4, 0.5) is 0 Å². The van der Waals surface area contributed by atoms with Crippen LogP contribution in [0.25, 0.3) is 11.0 Å². The van der Waals surface area contributed by atoms with Gasteiger partial charge in [0.25, 0.3) is 0 Å². The molecule has 0 aliphatic heterocycles. The molecule has 84 valence electrons. The van der Waals surface area contributed by atoms with Crippen LogP contribution >= 0.6 is 0 Å². The molecule has 0 bridgehead atoms. The summed E-state index contributed by atoms with van der Waals surface area (Å²) in [5, 5.41) is 0. The van der Waals surface area contributed by atoms with Gasteiger partial charge in [-0.05, 0) is 24.1 Å². The van der Waals surface area contributed by atoms with Gasteiger partial charge in [0.1, 0.15) is 6.29 Å². The van der Waals surface area contributed by atoms with Crippen molar-refractivity contribution in [2.24, 2.45) is 5.92 Å². The van der Waals surface area contributed by atoms with Gasteiger partial charge in [-0.1, -0.05) is 13.8 Å². The molecule has 2 aromatic rings. The largest absolute Gasteiger partial charge is 0.326 e. The molecule has 16 heavy (non-hydrogen) atoms. The Morgan fingerprint density at radius 1 is 1.44 bits per heavy atom. The van der Waals surface area contributed by atoms with Gasteiger partial charge in [-0.25, -0.2) is 4.79 Å². The summed E-state index contributed by atoms with van der Waals surface area (Å²) in [7, 11) is 0. The monoisotopic (exact) mass is 218 g/mol. The van der Waals surface area contributed by atoms with Crippen molar-refractivity contribution in [1.82, 2.24) is 9.55 Å². The molecule has 0 atom stereocenters. The predicted octanol–water partition coefficient (Wildman–Crippen LogP) is 1.80. The van der Waals surface area contributed by atoms with E-state index in [0.29, 0.717) is 18.0 Å². The van der Waals surface area contributed by atoms with Gasteiger partial charge in [0.2, 0.25) is 0 Å². The highest BCUT2D eigenvalue weighted by Crippen LogP contribution is 2.13. The van der Waals surface area contributed by atoms with Crippen LogP contribution in [0.1, 0.15) is 24.2 Å². The van der Waals surface area contributed by atoms with Crippen molar-refractivity contribution < 1.29 is 4.79 Å². The predicted molar refractivity (Wildman–Crippen MR) is 62.8 cm³/mol. The Labute approximate surface area is 92.9 Å². The molecule has 0 amide bonds. The molecular weight excluding hydrogens is 204 g/mol. The van der Waals surface area contributed by atoms with Crippen LogP contribution in [-0.4, -0.2) is 15.8 Å². The van der Waals surface area contributed by atoms with Gasteiger partial charge in [-0.15, -0.1) is 0 Å². The van der Waals surface area contributed by atoms with Gasteiger partial charge in [0.15, 0.2) is 0 Å². The first-order valence-corrected chi connectivity index (χ1v) is 5.29. The van der Waals surface area contributed by atoms with Gasteiger partial charge >= 0.3 is 5.69 Å². The number of hydrogen-bond donors (Lipinski definition) is 1. The van der Waals surface area contributed by atoms with Crippen molar-refractivity contribution in [2.45, 2.75) is 20.4 Å². The number of rotatable bonds is 3. The molecule has 1 aromatic heterocycles. The summed E-state index contributed by atoms with van der Waals surface area (Å²) < 4.78 is 1.67. The number of imidazole rings is 1. The number of aromatic nitrogens is 2. The van der Waals surface area contributed by atoms with Crippen LogP contribution in [0.5, 0.6) is 0 Å². The zero-order valence-electron chi connectivity index (χ0n) is 9.36. The zero-order valence-corrected chi connectivity index (χ0v) is 9.36. The van der Waals surface area contributed by atoms with Crippen LogP contribution < -0.4 is 5.69 Å². The highest BCUT2D eigenvalue weighted by molar-refractivity contribution is 5.84.